The van der Waals surface area contributed by atoms with Crippen LogP contribution in [-0.4, -0.2) is 276 Å². The predicted octanol–water partition coefficient (Wildman–Crippen LogP) is 0.520. The highest BCUT2D eigenvalue weighted by atomic mass is 33.1. The molecule has 0 spiro atoms. The number of rotatable bonds is 57. The smallest absolute Gasteiger partial charge is 0.426 e. The molecule has 128 heavy (non-hydrogen) atoms. The van der Waals surface area contributed by atoms with Crippen LogP contribution in [0.3, 0.4) is 0 Å². The van der Waals surface area contributed by atoms with Crippen molar-refractivity contribution in [2.24, 2.45) is 22.9 Å². The van der Waals surface area contributed by atoms with E-state index in [4.69, 9.17) is 19.3 Å². The first kappa shape index (κ1) is 109. The van der Waals surface area contributed by atoms with Gasteiger partial charge in [-0.15, -0.1) is 21.5 Å². The van der Waals surface area contributed by atoms with Gasteiger partial charge in [0.15, 0.2) is 12.8 Å². The molecule has 1 fully saturated rings. The largest absolute Gasteiger partial charge is 0.508 e. The van der Waals surface area contributed by atoms with E-state index in [0.29, 0.717) is 42.7 Å². The third-order valence-electron chi connectivity index (χ3n) is 19.3. The van der Waals surface area contributed by atoms with Crippen LogP contribution in [0.25, 0.3) is 0 Å². The van der Waals surface area contributed by atoms with Crippen LogP contribution in [0.1, 0.15) is 191 Å². The number of nitrogens with two attached hydrogens (primary N) is 1. The Morgan fingerprint density at radius 3 is 1.77 bits per heavy atom. The van der Waals surface area contributed by atoms with Crippen molar-refractivity contribution < 1.29 is 144 Å². The standard InChI is InChI=1S/C76H111N17O30S5/c1-9-16-62(107)122-38-93(72(115)63(40(5)10-2)87-70(114)52-17-13-15-26-92(52)8)53(39(3)4)35-54(123-42(7)94)71-85-50(36-124-71)69(113)79-44(30-43-19-21-45(95)22-20-43)29-41(6)64(108)88-90-75(118)121-27-28-125-126-37-51(73(116)117)84-68(112)49(34-61(105)106)83-67(111)48(33-60(103)104)82-66(110)47(32-59(101)102)81-65(109)46(31-58(99)100)80-56(97)18-12-11-14-25-78-55(96)23-24-57(98)86-74-89-91-76(127-74)128(77,119)120/h19-22,36,39-41,44,46-49,51-54,63,95H,9-18,23-35,37-38H2,1-8H3,(H,78,96)(H,79,113)(H,80,97)(H,81,109)(H,82,110)(H,83,111)(H,84,112)(H,87,114)(H,88,108)(H,90,118)(H,99,100)(H,101,102)(H,103,104)(H,105,106)(H,116,117)(H2,77,119,120)(H,86,89,98)/t40?,41-,44+,46-,47-,48-,49-,51-,52+,53+,54+,63-/m0/s1. The summed E-state index contributed by atoms with van der Waals surface area (Å²) >= 11 is 1.47. The van der Waals surface area contributed by atoms with Gasteiger partial charge in [-0.2, -0.15) is 0 Å². The van der Waals surface area contributed by atoms with Crippen LogP contribution < -0.4 is 63.8 Å². The molecule has 52 heteroatoms. The SMILES string of the molecule is CCCC(=O)OCN(C(=O)[C@@H](NC(=O)[C@H]1CCCCN1C)C(C)CC)[C@H](C[C@@H](OC(C)=O)c1nc(C(=O)N[C@@H](Cc2ccc(O)cc2)C[C@H](C)C(=O)NNC(=O)OCCSSC[C@H](NC(=O)[C@H](CC(=O)O)NC(=O)[C@H](CC(=O)O)NC(=O)[C@H](CC(=O)O)NC(=O)[C@H](CC(=O)O)NC(=O)CCCCCNC(=O)CCC(=O)Nc2nnc(S(N)(=O)=O)s2)C(=O)O)cs1)C(C)C. The lowest BCUT2D eigenvalue weighted by atomic mass is 9.92. The molecule has 1 aromatic carbocycles. The van der Waals surface area contributed by atoms with E-state index >= 15 is 4.79 Å². The van der Waals surface area contributed by atoms with Gasteiger partial charge in [0.1, 0.15) is 59.3 Å². The van der Waals surface area contributed by atoms with Crippen LogP contribution in [-0.2, 0) is 112 Å². The molecule has 1 unspecified atom stereocenters. The zero-order valence-electron chi connectivity index (χ0n) is 71.4. The van der Waals surface area contributed by atoms with Crippen molar-refractivity contribution in [3.63, 3.8) is 0 Å². The number of anilines is 1. The number of carbonyl (C=O) groups is 19. The topological polar surface area (TPSA) is 711 Å². The number of esters is 2. The first-order valence-corrected chi connectivity index (χ1v) is 46.2. The van der Waals surface area contributed by atoms with E-state index in [1.807, 2.05) is 60.9 Å². The van der Waals surface area contributed by atoms with Crippen molar-refractivity contribution in [2.45, 2.75) is 235 Å². The Balaban J connectivity index is 1.33. The number of phenols is 1. The van der Waals surface area contributed by atoms with Gasteiger partial charge in [-0.25, -0.2) is 33.6 Å². The van der Waals surface area contributed by atoms with Gasteiger partial charge in [0.2, 0.25) is 68.5 Å². The average molecular weight is 1900 g/mol. The third-order valence-corrected chi connectivity index (χ3v) is 24.8. The maximum atomic E-state index is 15.0. The second kappa shape index (κ2) is 55.3. The minimum atomic E-state index is -4.16. The Morgan fingerprint density at radius 2 is 1.23 bits per heavy atom. The molecule has 1 aliphatic rings. The molecule has 3 heterocycles. The minimum absolute atomic E-state index is 0.0546. The summed E-state index contributed by atoms with van der Waals surface area (Å²) in [4.78, 5) is 255. The number of piperidine rings is 1. The second-order valence-corrected chi connectivity index (χ2v) is 36.3. The number of nitrogens with one attached hydrogen (secondary N) is 11. The molecular weight excluding hydrogens is 1790 g/mol. The van der Waals surface area contributed by atoms with Crippen molar-refractivity contribution in [3.05, 3.63) is 45.9 Å². The maximum absolute atomic E-state index is 15.0. The number of hydrogen-bond acceptors (Lipinski definition) is 33. The summed E-state index contributed by atoms with van der Waals surface area (Å²) in [5.74, 6) is -23.0. The van der Waals surface area contributed by atoms with Gasteiger partial charge in [-0.05, 0) is 88.1 Å². The molecule has 1 saturated heterocycles. The number of carboxylic acid groups (broad SMARTS) is 5. The number of amides is 12. The average Bonchev–Trinajstić information content (AvgIpc) is 1.43. The molecule has 0 saturated carbocycles. The van der Waals surface area contributed by atoms with Crippen LogP contribution in [0.5, 0.6) is 5.75 Å². The van der Waals surface area contributed by atoms with Crippen molar-refractivity contribution in [1.29, 1.82) is 0 Å². The molecule has 0 aliphatic carbocycles. The lowest BCUT2D eigenvalue weighted by Gasteiger charge is -2.39. The van der Waals surface area contributed by atoms with E-state index in [1.54, 1.807) is 19.1 Å². The molecular formula is C76H111N17O30S5. The van der Waals surface area contributed by atoms with E-state index in [1.165, 1.54) is 36.3 Å². The van der Waals surface area contributed by atoms with Crippen molar-refractivity contribution in [3.8, 4) is 5.75 Å². The Kier molecular flexibility index (Phi) is 47.0. The highest BCUT2D eigenvalue weighted by Gasteiger charge is 2.42. The first-order chi connectivity index (χ1) is 60.3. The van der Waals surface area contributed by atoms with Crippen LogP contribution in [0, 0.1) is 17.8 Å². The van der Waals surface area contributed by atoms with E-state index in [0.717, 1.165) is 45.8 Å². The fourth-order valence-electron chi connectivity index (χ4n) is 12.4. The summed E-state index contributed by atoms with van der Waals surface area (Å²) in [6, 6.07) is -7.76. The van der Waals surface area contributed by atoms with Crippen LogP contribution in [0.4, 0.5) is 9.93 Å². The molecule has 47 nitrogen and oxygen atoms in total. The molecule has 4 rings (SSSR count). The number of aromatic hydroxyl groups is 1. The number of carbonyl (C=O) groups excluding carboxylic acids is 14. The number of hydrogen-bond donors (Lipinski definition) is 18. The number of phenolic OH excluding ortho intramolecular Hbond substituents is 1. The number of primary sulfonamides is 1. The van der Waals surface area contributed by atoms with Crippen LogP contribution in [0.2, 0.25) is 0 Å². The molecule has 2 aromatic heterocycles. The van der Waals surface area contributed by atoms with E-state index in [2.05, 4.69) is 52.6 Å². The fourth-order valence-corrected chi connectivity index (χ4v) is 16.6. The van der Waals surface area contributed by atoms with Gasteiger partial charge in [0, 0.05) is 80.5 Å². The van der Waals surface area contributed by atoms with Gasteiger partial charge in [-0.1, -0.05) is 106 Å². The Labute approximate surface area is 751 Å². The number of aromatic nitrogens is 3. The Bertz CT molecular complexity index is 4480. The number of likely N-dealkylation sites (tertiary alicyclic amines) is 1. The van der Waals surface area contributed by atoms with Crippen molar-refractivity contribution in [1.82, 2.24) is 78.4 Å². The molecule has 0 bridgehead atoms. The van der Waals surface area contributed by atoms with Gasteiger partial charge < -0.3 is 97.6 Å². The number of ether oxygens (including phenoxy) is 3. The summed E-state index contributed by atoms with van der Waals surface area (Å²) in [6.07, 6.45) is -4.47. The zero-order valence-corrected chi connectivity index (χ0v) is 75.5. The molecule has 1 aliphatic heterocycles. The highest BCUT2D eigenvalue weighted by Crippen LogP contribution is 2.33. The summed E-state index contributed by atoms with van der Waals surface area (Å²) < 4.78 is 38.9. The van der Waals surface area contributed by atoms with Crippen LogP contribution >= 0.6 is 44.3 Å². The number of hydrazine groups is 1. The predicted molar refractivity (Wildman–Crippen MR) is 456 cm³/mol. The summed E-state index contributed by atoms with van der Waals surface area (Å²) in [6.45, 7) is 11.7. The summed E-state index contributed by atoms with van der Waals surface area (Å²) in [5.41, 5.74) is 4.83. The van der Waals surface area contributed by atoms with Crippen molar-refractivity contribution >= 4 is 172 Å². The Morgan fingerprint density at radius 1 is 0.656 bits per heavy atom. The monoisotopic (exact) mass is 1900 g/mol. The third kappa shape index (κ3) is 40.2. The normalized spacial score (nSPS) is 15.2. The van der Waals surface area contributed by atoms with E-state index < -0.39 is 226 Å². The van der Waals surface area contributed by atoms with Gasteiger partial charge >= 0.3 is 47.9 Å². The van der Waals surface area contributed by atoms with Gasteiger partial charge in [0.25, 0.3) is 15.9 Å². The van der Waals surface area contributed by atoms with Gasteiger partial charge in [0.05, 0.1) is 31.7 Å². The molecule has 19 N–H and O–H groups in total. The molecule has 12 atom stereocenters. The number of nitrogens with zero attached hydrogens (tertiary/aromatic N) is 5. The lowest BCUT2D eigenvalue weighted by Crippen LogP contribution is -2.59. The number of likely N-dealkylation sites (N-methyl/N-ethyl adjacent to an activating group) is 1. The summed E-state index contributed by atoms with van der Waals surface area (Å²) in [7, 11) is -0.623. The minimum Gasteiger partial charge on any atom is -0.508 e. The number of benzene rings is 1. The van der Waals surface area contributed by atoms with E-state index in [9.17, 15) is 125 Å². The number of unbranched alkanes of at least 4 members (excludes halogenated alkanes) is 2. The quantitative estimate of drug-likeness (QED) is 0.00697. The van der Waals surface area contributed by atoms with Gasteiger partial charge in [-0.3, -0.25) is 91.8 Å². The van der Waals surface area contributed by atoms with Crippen molar-refractivity contribution in [2.75, 3.05) is 50.3 Å². The maximum Gasteiger partial charge on any atom is 0.426 e. The Hall–Kier alpha value is -11.5. The molecule has 710 valence electrons. The lowest BCUT2D eigenvalue weighted by molar-refractivity contribution is -0.161. The highest BCUT2D eigenvalue weighted by molar-refractivity contribution is 8.76. The molecule has 0 radical (unpaired) electrons. The zero-order chi connectivity index (χ0) is 95.7. The number of sulfonamides is 1. The number of thiazole rings is 1. The first-order valence-electron chi connectivity index (χ1n) is 40.5. The summed E-state index contributed by atoms with van der Waals surface area (Å²) in [5, 5.41) is 92.5. The fraction of sp³-hybridized carbons (Fsp3) is 0.605. The van der Waals surface area contributed by atoms with Crippen LogP contribution in [0.15, 0.2) is 34.0 Å². The number of carboxylic acids is 5. The molecule has 3 aromatic rings. The number of aliphatic carboxylic acids is 5. The van der Waals surface area contributed by atoms with E-state index in [-0.39, 0.29) is 122 Å². The molecule has 12 amide bonds. The second-order valence-electron chi connectivity index (χ2n) is 30.0.